The number of thiazole rings is 1. The number of nitrogens with one attached hydrogen (secondary N) is 1. The summed E-state index contributed by atoms with van der Waals surface area (Å²) in [7, 11) is 2.03. The van der Waals surface area contributed by atoms with Crippen molar-refractivity contribution in [2.75, 3.05) is 45.1 Å². The van der Waals surface area contributed by atoms with E-state index in [-0.39, 0.29) is 12.2 Å². The fraction of sp³-hybridized carbons (Fsp3) is 0.471. The van der Waals surface area contributed by atoms with Gasteiger partial charge in [0.1, 0.15) is 5.82 Å². The number of fused-ring (bicyclic) bond motifs is 1. The summed E-state index contributed by atoms with van der Waals surface area (Å²) in [6.45, 7) is 3.72. The van der Waals surface area contributed by atoms with Crippen molar-refractivity contribution in [1.29, 1.82) is 0 Å². The fourth-order valence-electron chi connectivity index (χ4n) is 2.92. The van der Waals surface area contributed by atoms with E-state index >= 15 is 0 Å². The maximum absolute atomic E-state index is 13.2. The zero-order valence-corrected chi connectivity index (χ0v) is 15.3. The van der Waals surface area contributed by atoms with E-state index in [4.69, 9.17) is 0 Å². The van der Waals surface area contributed by atoms with Gasteiger partial charge >= 0.3 is 5.97 Å². The SMILES string of the molecule is CN1CCN(C[C@H](CC(=O)Nc2nc3ccc(F)cc3s2)C(=O)O)CC1. The lowest BCUT2D eigenvalue weighted by molar-refractivity contribution is -0.144. The van der Waals surface area contributed by atoms with Crippen molar-refractivity contribution >= 4 is 38.6 Å². The van der Waals surface area contributed by atoms with E-state index in [2.05, 4.69) is 20.1 Å². The number of carbonyl (C=O) groups excluding carboxylic acids is 1. The molecule has 2 aromatic rings. The molecule has 1 aromatic carbocycles. The van der Waals surface area contributed by atoms with Gasteiger partial charge in [-0.15, -0.1) is 0 Å². The van der Waals surface area contributed by atoms with Gasteiger partial charge in [-0.25, -0.2) is 9.37 Å². The summed E-state index contributed by atoms with van der Waals surface area (Å²) in [5.74, 6) is -2.51. The fourth-order valence-corrected chi connectivity index (χ4v) is 3.83. The van der Waals surface area contributed by atoms with Crippen LogP contribution in [-0.2, 0) is 9.59 Å². The highest BCUT2D eigenvalue weighted by Crippen LogP contribution is 2.26. The average molecular weight is 380 g/mol. The van der Waals surface area contributed by atoms with Crippen LogP contribution in [0.3, 0.4) is 0 Å². The summed E-state index contributed by atoms with van der Waals surface area (Å²) in [5.41, 5.74) is 0.596. The van der Waals surface area contributed by atoms with Crippen LogP contribution < -0.4 is 5.32 Å². The number of anilines is 1. The number of aliphatic carboxylic acids is 1. The van der Waals surface area contributed by atoms with Gasteiger partial charge in [-0.05, 0) is 25.2 Å². The third-order valence-corrected chi connectivity index (χ3v) is 5.39. The Morgan fingerprint density at radius 2 is 2.08 bits per heavy atom. The molecule has 1 aliphatic heterocycles. The number of piperazine rings is 1. The number of halogens is 1. The van der Waals surface area contributed by atoms with Crippen molar-refractivity contribution in [3.8, 4) is 0 Å². The van der Waals surface area contributed by atoms with Crippen molar-refractivity contribution in [3.05, 3.63) is 24.0 Å². The summed E-state index contributed by atoms with van der Waals surface area (Å²) < 4.78 is 13.9. The molecule has 1 aromatic heterocycles. The number of amides is 1. The van der Waals surface area contributed by atoms with E-state index in [1.165, 1.54) is 12.1 Å². The first-order chi connectivity index (χ1) is 12.4. The quantitative estimate of drug-likeness (QED) is 0.794. The Kier molecular flexibility index (Phi) is 5.80. The van der Waals surface area contributed by atoms with Crippen LogP contribution >= 0.6 is 11.3 Å². The number of carbonyl (C=O) groups is 2. The van der Waals surface area contributed by atoms with Gasteiger partial charge in [0.25, 0.3) is 0 Å². The molecule has 0 aliphatic carbocycles. The lowest BCUT2D eigenvalue weighted by atomic mass is 10.0. The number of hydrogen-bond donors (Lipinski definition) is 2. The number of nitrogens with zero attached hydrogens (tertiary/aromatic N) is 3. The second kappa shape index (κ2) is 8.07. The van der Waals surface area contributed by atoms with E-state index in [0.717, 1.165) is 37.5 Å². The first-order valence-electron chi connectivity index (χ1n) is 8.40. The van der Waals surface area contributed by atoms with E-state index in [0.29, 0.717) is 21.9 Å². The van der Waals surface area contributed by atoms with Crippen molar-refractivity contribution in [3.63, 3.8) is 0 Å². The average Bonchev–Trinajstić information content (AvgIpc) is 2.97. The smallest absolute Gasteiger partial charge is 0.308 e. The number of carboxylic acid groups (broad SMARTS) is 1. The number of hydrogen-bond acceptors (Lipinski definition) is 6. The van der Waals surface area contributed by atoms with Gasteiger partial charge in [-0.1, -0.05) is 11.3 Å². The molecule has 0 radical (unpaired) electrons. The maximum atomic E-state index is 13.2. The van der Waals surface area contributed by atoms with Crippen LogP contribution in [0.2, 0.25) is 0 Å². The molecule has 1 amide bonds. The predicted molar refractivity (Wildman–Crippen MR) is 97.9 cm³/mol. The topological polar surface area (TPSA) is 85.8 Å². The molecule has 140 valence electrons. The highest BCUT2D eigenvalue weighted by atomic mass is 32.1. The van der Waals surface area contributed by atoms with E-state index in [1.807, 2.05) is 7.05 Å². The highest BCUT2D eigenvalue weighted by molar-refractivity contribution is 7.22. The molecular formula is C17H21FN4O3S. The van der Waals surface area contributed by atoms with Crippen LogP contribution in [0.1, 0.15) is 6.42 Å². The predicted octanol–water partition coefficient (Wildman–Crippen LogP) is 1.71. The molecule has 26 heavy (non-hydrogen) atoms. The number of aromatic nitrogens is 1. The highest BCUT2D eigenvalue weighted by Gasteiger charge is 2.26. The summed E-state index contributed by atoms with van der Waals surface area (Å²) in [4.78, 5) is 32.3. The first-order valence-corrected chi connectivity index (χ1v) is 9.22. The summed E-state index contributed by atoms with van der Waals surface area (Å²) in [6.07, 6.45) is -0.119. The number of likely N-dealkylation sites (N-methyl/N-ethyl adjacent to an activating group) is 1. The Hall–Kier alpha value is -2.10. The van der Waals surface area contributed by atoms with Gasteiger partial charge in [-0.3, -0.25) is 14.5 Å². The first kappa shape index (κ1) is 18.7. The molecule has 1 aliphatic rings. The Morgan fingerprint density at radius 1 is 1.35 bits per heavy atom. The van der Waals surface area contributed by atoms with Gasteiger partial charge in [0.05, 0.1) is 16.1 Å². The molecule has 7 nitrogen and oxygen atoms in total. The minimum atomic E-state index is -0.981. The largest absolute Gasteiger partial charge is 0.481 e. The second-order valence-corrected chi connectivity index (χ2v) is 7.55. The Labute approximate surface area is 154 Å². The van der Waals surface area contributed by atoms with Crippen molar-refractivity contribution in [2.24, 2.45) is 5.92 Å². The third-order valence-electron chi connectivity index (χ3n) is 4.45. The molecule has 0 unspecified atom stereocenters. The summed E-state index contributed by atoms with van der Waals surface area (Å²) >= 11 is 1.16. The zero-order valence-electron chi connectivity index (χ0n) is 14.4. The molecule has 9 heteroatoms. The van der Waals surface area contributed by atoms with E-state index < -0.39 is 17.8 Å². The third kappa shape index (κ3) is 4.75. The normalized spacial score (nSPS) is 17.3. The Bertz CT molecular complexity index is 804. The molecule has 3 rings (SSSR count). The molecule has 0 bridgehead atoms. The van der Waals surface area contributed by atoms with Gasteiger partial charge in [0.2, 0.25) is 5.91 Å². The monoisotopic (exact) mass is 380 g/mol. The molecular weight excluding hydrogens is 359 g/mol. The van der Waals surface area contributed by atoms with Crippen molar-refractivity contribution < 1.29 is 19.1 Å². The standard InChI is InChI=1S/C17H21FN4O3S/c1-21-4-6-22(7-5-21)10-11(16(24)25)8-15(23)20-17-19-13-3-2-12(18)9-14(13)26-17/h2-3,9,11H,4-8,10H2,1H3,(H,24,25)(H,19,20,23)/t11-/m0/s1. The lowest BCUT2D eigenvalue weighted by Gasteiger charge is -2.33. The maximum Gasteiger partial charge on any atom is 0.308 e. The molecule has 1 saturated heterocycles. The van der Waals surface area contributed by atoms with Gasteiger partial charge in [0, 0.05) is 39.1 Å². The van der Waals surface area contributed by atoms with Gasteiger partial charge in [0.15, 0.2) is 5.13 Å². The number of carboxylic acids is 1. The van der Waals surface area contributed by atoms with Gasteiger partial charge < -0.3 is 15.3 Å². The molecule has 1 fully saturated rings. The van der Waals surface area contributed by atoms with Crippen LogP contribution in [0.25, 0.3) is 10.2 Å². The van der Waals surface area contributed by atoms with Crippen LogP contribution in [0.4, 0.5) is 9.52 Å². The van der Waals surface area contributed by atoms with E-state index in [1.54, 1.807) is 6.07 Å². The molecule has 0 spiro atoms. The molecule has 2 N–H and O–H groups in total. The van der Waals surface area contributed by atoms with Gasteiger partial charge in [-0.2, -0.15) is 0 Å². The van der Waals surface area contributed by atoms with Crippen LogP contribution in [0.5, 0.6) is 0 Å². The second-order valence-electron chi connectivity index (χ2n) is 6.52. The molecule has 1 atom stereocenters. The minimum absolute atomic E-state index is 0.119. The Morgan fingerprint density at radius 3 is 2.77 bits per heavy atom. The van der Waals surface area contributed by atoms with Crippen LogP contribution in [-0.4, -0.2) is 71.5 Å². The van der Waals surface area contributed by atoms with Crippen molar-refractivity contribution in [2.45, 2.75) is 6.42 Å². The number of rotatable bonds is 6. The van der Waals surface area contributed by atoms with Crippen LogP contribution in [0.15, 0.2) is 18.2 Å². The zero-order chi connectivity index (χ0) is 18.7. The molecule has 2 heterocycles. The summed E-state index contributed by atoms with van der Waals surface area (Å²) in [5, 5.41) is 12.4. The lowest BCUT2D eigenvalue weighted by Crippen LogP contribution is -2.47. The number of benzene rings is 1. The van der Waals surface area contributed by atoms with Crippen LogP contribution in [0, 0.1) is 11.7 Å². The van der Waals surface area contributed by atoms with E-state index in [9.17, 15) is 19.1 Å². The Balaban J connectivity index is 1.59. The van der Waals surface area contributed by atoms with Crippen molar-refractivity contribution in [1.82, 2.24) is 14.8 Å². The minimum Gasteiger partial charge on any atom is -0.481 e. The summed E-state index contributed by atoms with van der Waals surface area (Å²) in [6, 6.07) is 4.21. The molecule has 0 saturated carbocycles.